The fraction of sp³-hybridized carbons (Fsp3) is 0.545. The van der Waals surface area contributed by atoms with Crippen molar-refractivity contribution in [3.8, 4) is 0 Å². The van der Waals surface area contributed by atoms with Gasteiger partial charge in [-0.15, -0.1) is 0 Å². The van der Waals surface area contributed by atoms with Gasteiger partial charge in [0.05, 0.1) is 38.9 Å². The van der Waals surface area contributed by atoms with Gasteiger partial charge in [0.2, 0.25) is 0 Å². The fourth-order valence-electron chi connectivity index (χ4n) is 3.55. The molecule has 1 aromatic rings. The van der Waals surface area contributed by atoms with Crippen LogP contribution in [0, 0.1) is 0 Å². The first kappa shape index (κ1) is 25.5. The highest BCUT2D eigenvalue weighted by atomic mass is 16.4. The van der Waals surface area contributed by atoms with E-state index in [4.69, 9.17) is 0 Å². The third kappa shape index (κ3) is 7.03. The Hall–Kier alpha value is -2.58. The van der Waals surface area contributed by atoms with Crippen molar-refractivity contribution in [3.63, 3.8) is 0 Å². The fourth-order valence-corrected chi connectivity index (χ4v) is 3.55. The molecule has 2 aliphatic heterocycles. The van der Waals surface area contributed by atoms with Gasteiger partial charge in [-0.2, -0.15) is 9.15 Å². The minimum absolute atomic E-state index is 0.363. The molecule has 2 unspecified atom stereocenters. The van der Waals surface area contributed by atoms with Gasteiger partial charge in [-0.25, -0.2) is 9.80 Å². The highest BCUT2D eigenvalue weighted by molar-refractivity contribution is 5.99. The van der Waals surface area contributed by atoms with Crippen molar-refractivity contribution in [2.45, 2.75) is 27.7 Å². The quantitative estimate of drug-likeness (QED) is 0.491. The molecule has 2 N–H and O–H groups in total. The van der Waals surface area contributed by atoms with Crippen LogP contribution in [0.15, 0.2) is 24.3 Å². The van der Waals surface area contributed by atoms with E-state index in [2.05, 4.69) is 50.9 Å². The second-order valence-corrected chi connectivity index (χ2v) is 7.55. The van der Waals surface area contributed by atoms with Crippen molar-refractivity contribution in [1.82, 2.24) is 0 Å². The van der Waals surface area contributed by atoms with Gasteiger partial charge < -0.3 is 19.8 Å². The average molecular weight is 421 g/mol. The van der Waals surface area contributed by atoms with Crippen molar-refractivity contribution in [1.29, 1.82) is 0 Å². The van der Waals surface area contributed by atoms with Gasteiger partial charge in [0, 0.05) is 11.1 Å². The minimum Gasteiger partial charge on any atom is -0.545 e. The predicted molar refractivity (Wildman–Crippen MR) is 111 cm³/mol. The van der Waals surface area contributed by atoms with Crippen LogP contribution in [0.5, 0.6) is 0 Å². The molecule has 0 amide bonds. The molecule has 2 heterocycles. The SMILES string of the molecule is CC[NH+]1CC[N+](C)=C1C.CC[NH+]1CC[N+](C)=C1C.O=C([O-])c1ccccc1C(=O)[O-]. The molecule has 166 valence electrons. The zero-order valence-electron chi connectivity index (χ0n) is 19.1. The third-order valence-electron chi connectivity index (χ3n) is 5.89. The van der Waals surface area contributed by atoms with E-state index in [0.29, 0.717) is 0 Å². The lowest BCUT2D eigenvalue weighted by Crippen LogP contribution is -3.12. The van der Waals surface area contributed by atoms with Crippen molar-refractivity contribution in [3.05, 3.63) is 35.4 Å². The number of quaternary nitrogens is 2. The monoisotopic (exact) mass is 420 g/mol. The van der Waals surface area contributed by atoms with Gasteiger partial charge in [-0.3, -0.25) is 0 Å². The number of benzene rings is 1. The third-order valence-corrected chi connectivity index (χ3v) is 5.89. The number of rotatable bonds is 4. The summed E-state index contributed by atoms with van der Waals surface area (Å²) in [5, 5.41) is 20.6. The summed E-state index contributed by atoms with van der Waals surface area (Å²) in [5.74, 6) is -0.0420. The molecule has 0 saturated carbocycles. The number of carbonyl (C=O) groups excluding carboxylic acids is 2. The summed E-state index contributed by atoms with van der Waals surface area (Å²) in [7, 11) is 4.33. The Morgan fingerprint density at radius 2 is 1.17 bits per heavy atom. The first-order valence-electron chi connectivity index (χ1n) is 10.4. The molecule has 0 aliphatic carbocycles. The molecule has 0 fully saturated rings. The summed E-state index contributed by atoms with van der Waals surface area (Å²) < 4.78 is 4.66. The van der Waals surface area contributed by atoms with E-state index >= 15 is 0 Å². The maximum Gasteiger partial charge on any atom is 0.333 e. The number of amidine groups is 2. The van der Waals surface area contributed by atoms with Gasteiger partial charge in [-0.1, -0.05) is 24.3 Å². The molecule has 0 bridgehead atoms. The molecule has 30 heavy (non-hydrogen) atoms. The van der Waals surface area contributed by atoms with E-state index in [1.807, 2.05) is 0 Å². The maximum absolute atomic E-state index is 10.3. The molecular weight excluding hydrogens is 384 g/mol. The van der Waals surface area contributed by atoms with E-state index in [9.17, 15) is 19.8 Å². The van der Waals surface area contributed by atoms with Gasteiger partial charge in [0.15, 0.2) is 13.1 Å². The number of nitrogens with one attached hydrogen (secondary N) is 2. The smallest absolute Gasteiger partial charge is 0.333 e. The normalized spacial score (nSPS) is 20.3. The van der Waals surface area contributed by atoms with E-state index in [0.717, 1.165) is 12.1 Å². The molecule has 3 rings (SSSR count). The Morgan fingerprint density at radius 1 is 0.833 bits per heavy atom. The van der Waals surface area contributed by atoms with Crippen LogP contribution in [-0.4, -0.2) is 86.1 Å². The molecule has 1 aromatic carbocycles. The lowest BCUT2D eigenvalue weighted by Gasteiger charge is -2.09. The van der Waals surface area contributed by atoms with Crippen LogP contribution in [0.1, 0.15) is 48.4 Å². The zero-order chi connectivity index (χ0) is 22.8. The number of carboxylic acids is 2. The van der Waals surface area contributed by atoms with Crippen LogP contribution in [-0.2, 0) is 0 Å². The van der Waals surface area contributed by atoms with Gasteiger partial charge in [0.25, 0.3) is 0 Å². The summed E-state index contributed by atoms with van der Waals surface area (Å²) in [6.07, 6.45) is 0. The average Bonchev–Trinajstić information content (AvgIpc) is 3.23. The number of hydrogen-bond donors (Lipinski definition) is 2. The first-order chi connectivity index (χ1) is 14.1. The first-order valence-corrected chi connectivity index (χ1v) is 10.4. The highest BCUT2D eigenvalue weighted by Crippen LogP contribution is 2.05. The second-order valence-electron chi connectivity index (χ2n) is 7.55. The standard InChI is InChI=1S/C8H6O4.2C7H15N2/c9-7(10)5-3-1-2-4-6(5)8(11)12;2*1-4-9-6-5-8(3)7(9)2/h1-4H,(H,9,10)(H,11,12);2*4-6H2,1-3H3/q;2*+1. The van der Waals surface area contributed by atoms with E-state index < -0.39 is 11.9 Å². The van der Waals surface area contributed by atoms with Crippen LogP contribution in [0.25, 0.3) is 0 Å². The minimum atomic E-state index is -1.52. The van der Waals surface area contributed by atoms with Crippen LogP contribution in [0.3, 0.4) is 0 Å². The number of aromatic carboxylic acids is 2. The summed E-state index contributed by atoms with van der Waals surface area (Å²) in [5.41, 5.74) is -0.727. The van der Waals surface area contributed by atoms with Crippen molar-refractivity contribution in [2.75, 3.05) is 53.4 Å². The summed E-state index contributed by atoms with van der Waals surface area (Å²) in [6.45, 7) is 16.4. The van der Waals surface area contributed by atoms with Crippen LogP contribution < -0.4 is 20.0 Å². The van der Waals surface area contributed by atoms with E-state index in [-0.39, 0.29) is 11.1 Å². The number of hydrogen-bond acceptors (Lipinski definition) is 4. The molecule has 8 nitrogen and oxygen atoms in total. The van der Waals surface area contributed by atoms with Gasteiger partial charge in [0.1, 0.15) is 27.2 Å². The Morgan fingerprint density at radius 3 is 1.33 bits per heavy atom. The molecular formula is C22H36N4O4+2. The highest BCUT2D eigenvalue weighted by Gasteiger charge is 2.27. The molecule has 2 aliphatic rings. The topological polar surface area (TPSA) is 95.2 Å². The van der Waals surface area contributed by atoms with Crippen LogP contribution >= 0.6 is 0 Å². The number of carboxylic acid groups (broad SMARTS) is 2. The zero-order valence-corrected chi connectivity index (χ0v) is 19.1. The lowest BCUT2D eigenvalue weighted by atomic mass is 10.1. The molecule has 0 aromatic heterocycles. The second kappa shape index (κ2) is 12.2. The summed E-state index contributed by atoms with van der Waals surface area (Å²) >= 11 is 0. The molecule has 2 atom stereocenters. The Bertz CT molecular complexity index is 750. The van der Waals surface area contributed by atoms with Crippen molar-refractivity contribution >= 4 is 23.6 Å². The molecule has 0 spiro atoms. The van der Waals surface area contributed by atoms with Gasteiger partial charge >= 0.3 is 11.7 Å². The van der Waals surface area contributed by atoms with E-state index in [1.54, 1.807) is 9.80 Å². The largest absolute Gasteiger partial charge is 0.545 e. The Balaban J connectivity index is 0.000000229. The Labute approximate surface area is 179 Å². The number of carbonyl (C=O) groups is 2. The molecule has 0 radical (unpaired) electrons. The number of nitrogens with zero attached hydrogens (tertiary/aromatic N) is 2. The van der Waals surface area contributed by atoms with E-state index in [1.165, 1.54) is 63.1 Å². The van der Waals surface area contributed by atoms with Crippen molar-refractivity contribution < 1.29 is 38.8 Å². The number of likely N-dealkylation sites (N-methyl/N-ethyl adjacent to an activating group) is 4. The van der Waals surface area contributed by atoms with Gasteiger partial charge in [-0.05, 0) is 13.8 Å². The lowest BCUT2D eigenvalue weighted by molar-refractivity contribution is -0.799. The summed E-state index contributed by atoms with van der Waals surface area (Å²) in [6, 6.07) is 5.14. The summed E-state index contributed by atoms with van der Waals surface area (Å²) in [4.78, 5) is 23.9. The Kier molecular flexibility index (Phi) is 10.3. The predicted octanol–water partition coefficient (Wildman–Crippen LogP) is -3.66. The molecule has 0 saturated heterocycles. The van der Waals surface area contributed by atoms with Crippen LogP contribution in [0.2, 0.25) is 0 Å². The van der Waals surface area contributed by atoms with Crippen molar-refractivity contribution in [2.24, 2.45) is 0 Å². The molecule has 8 heteroatoms. The maximum atomic E-state index is 10.3. The van der Waals surface area contributed by atoms with Crippen LogP contribution in [0.4, 0.5) is 0 Å².